The fourth-order valence-electron chi connectivity index (χ4n) is 2.00. The summed E-state index contributed by atoms with van der Waals surface area (Å²) in [5.74, 6) is 1.83. The maximum atomic E-state index is 11.9. The van der Waals surface area contributed by atoms with Gasteiger partial charge in [-0.05, 0) is 37.1 Å². The van der Waals surface area contributed by atoms with E-state index in [9.17, 15) is 4.79 Å². The van der Waals surface area contributed by atoms with Crippen molar-refractivity contribution in [3.63, 3.8) is 0 Å². The summed E-state index contributed by atoms with van der Waals surface area (Å²) in [5.41, 5.74) is 1.42. The van der Waals surface area contributed by atoms with Crippen LogP contribution in [0.1, 0.15) is 21.7 Å². The molecular weight excluding hydrogens is 272 g/mol. The number of nitrogens with zero attached hydrogens (tertiary/aromatic N) is 1. The van der Waals surface area contributed by atoms with Gasteiger partial charge < -0.3 is 19.3 Å². The van der Waals surface area contributed by atoms with Crippen LogP contribution < -0.4 is 14.8 Å². The van der Waals surface area contributed by atoms with Gasteiger partial charge in [-0.15, -0.1) is 0 Å². The molecule has 0 spiro atoms. The maximum Gasteiger partial charge on any atom is 0.256 e. The molecule has 2 aromatic rings. The second-order valence-corrected chi connectivity index (χ2v) is 4.48. The zero-order valence-electron chi connectivity index (χ0n) is 12.3. The fourth-order valence-corrected chi connectivity index (χ4v) is 2.00. The largest absolute Gasteiger partial charge is 0.497 e. The molecule has 112 valence electrons. The molecule has 0 fully saturated rings. The minimum atomic E-state index is -0.199. The SMILES string of the molecule is COc1ccc(OC)c(CCNC(=O)c2cnoc2C)c1. The first-order chi connectivity index (χ1) is 10.2. The summed E-state index contributed by atoms with van der Waals surface area (Å²) in [4.78, 5) is 11.9. The van der Waals surface area contributed by atoms with Gasteiger partial charge in [-0.1, -0.05) is 5.16 Å². The summed E-state index contributed by atoms with van der Waals surface area (Å²) in [5, 5.41) is 6.41. The van der Waals surface area contributed by atoms with Crippen molar-refractivity contribution in [1.82, 2.24) is 10.5 Å². The van der Waals surface area contributed by atoms with Crippen LogP contribution in [0.3, 0.4) is 0 Å². The van der Waals surface area contributed by atoms with E-state index >= 15 is 0 Å². The Balaban J connectivity index is 1.97. The van der Waals surface area contributed by atoms with Gasteiger partial charge in [0.1, 0.15) is 22.8 Å². The molecule has 0 aliphatic rings. The topological polar surface area (TPSA) is 73.6 Å². The second kappa shape index (κ2) is 6.78. The van der Waals surface area contributed by atoms with Gasteiger partial charge >= 0.3 is 0 Å². The Morgan fingerprint density at radius 1 is 1.33 bits per heavy atom. The van der Waals surface area contributed by atoms with Crippen molar-refractivity contribution in [2.75, 3.05) is 20.8 Å². The quantitative estimate of drug-likeness (QED) is 0.880. The van der Waals surface area contributed by atoms with Gasteiger partial charge in [-0.25, -0.2) is 0 Å². The highest BCUT2D eigenvalue weighted by molar-refractivity contribution is 5.94. The number of benzene rings is 1. The van der Waals surface area contributed by atoms with E-state index in [1.54, 1.807) is 21.1 Å². The van der Waals surface area contributed by atoms with Crippen LogP contribution in [0, 0.1) is 6.92 Å². The summed E-state index contributed by atoms with van der Waals surface area (Å²) >= 11 is 0. The number of hydrogen-bond acceptors (Lipinski definition) is 5. The van der Waals surface area contributed by atoms with Crippen LogP contribution >= 0.6 is 0 Å². The second-order valence-electron chi connectivity index (χ2n) is 4.48. The summed E-state index contributed by atoms with van der Waals surface area (Å²) in [6.07, 6.45) is 2.05. The van der Waals surface area contributed by atoms with Crippen LogP contribution in [-0.2, 0) is 6.42 Å². The molecule has 0 saturated carbocycles. The van der Waals surface area contributed by atoms with Gasteiger partial charge in [-0.2, -0.15) is 0 Å². The van der Waals surface area contributed by atoms with Crippen LogP contribution in [-0.4, -0.2) is 31.8 Å². The van der Waals surface area contributed by atoms with Crippen LogP contribution in [0.15, 0.2) is 28.9 Å². The first-order valence-corrected chi connectivity index (χ1v) is 6.56. The Morgan fingerprint density at radius 3 is 2.76 bits per heavy atom. The molecule has 1 heterocycles. The lowest BCUT2D eigenvalue weighted by Crippen LogP contribution is -2.26. The first-order valence-electron chi connectivity index (χ1n) is 6.56. The summed E-state index contributed by atoms with van der Waals surface area (Å²) in [6, 6.07) is 5.58. The summed E-state index contributed by atoms with van der Waals surface area (Å²) in [7, 11) is 3.23. The molecule has 0 atom stereocenters. The van der Waals surface area contributed by atoms with Crippen molar-refractivity contribution in [3.05, 3.63) is 41.3 Å². The van der Waals surface area contributed by atoms with Gasteiger partial charge in [-0.3, -0.25) is 4.79 Å². The monoisotopic (exact) mass is 290 g/mol. The Hall–Kier alpha value is -2.50. The number of rotatable bonds is 6. The highest BCUT2D eigenvalue weighted by atomic mass is 16.5. The van der Waals surface area contributed by atoms with E-state index in [4.69, 9.17) is 14.0 Å². The number of methoxy groups -OCH3 is 2. The van der Waals surface area contributed by atoms with Crippen LogP contribution in [0.2, 0.25) is 0 Å². The number of amides is 1. The minimum absolute atomic E-state index is 0.199. The number of hydrogen-bond donors (Lipinski definition) is 1. The van der Waals surface area contributed by atoms with Crippen LogP contribution in [0.5, 0.6) is 11.5 Å². The van der Waals surface area contributed by atoms with E-state index in [0.29, 0.717) is 24.3 Å². The molecule has 1 N–H and O–H groups in total. The Morgan fingerprint density at radius 2 is 2.14 bits per heavy atom. The van der Waals surface area contributed by atoms with Crippen molar-refractivity contribution in [3.8, 4) is 11.5 Å². The lowest BCUT2D eigenvalue weighted by Gasteiger charge is -2.11. The Bertz CT molecular complexity index is 622. The lowest BCUT2D eigenvalue weighted by atomic mass is 10.1. The molecule has 6 nitrogen and oxygen atoms in total. The summed E-state index contributed by atoms with van der Waals surface area (Å²) < 4.78 is 15.4. The van der Waals surface area contributed by atoms with E-state index in [0.717, 1.165) is 17.1 Å². The molecule has 1 amide bonds. The molecule has 0 radical (unpaired) electrons. The number of nitrogens with one attached hydrogen (secondary N) is 1. The van der Waals surface area contributed by atoms with E-state index in [-0.39, 0.29) is 5.91 Å². The van der Waals surface area contributed by atoms with Gasteiger partial charge in [0, 0.05) is 6.54 Å². The molecule has 0 saturated heterocycles. The Kier molecular flexibility index (Phi) is 4.81. The number of carbonyl (C=O) groups excluding carboxylic acids is 1. The van der Waals surface area contributed by atoms with Crippen molar-refractivity contribution >= 4 is 5.91 Å². The van der Waals surface area contributed by atoms with E-state index < -0.39 is 0 Å². The lowest BCUT2D eigenvalue weighted by molar-refractivity contribution is 0.0952. The number of aryl methyl sites for hydroxylation is 1. The van der Waals surface area contributed by atoms with Crippen molar-refractivity contribution in [1.29, 1.82) is 0 Å². The van der Waals surface area contributed by atoms with E-state index in [1.807, 2.05) is 18.2 Å². The van der Waals surface area contributed by atoms with Gasteiger partial charge in [0.15, 0.2) is 0 Å². The molecule has 2 rings (SSSR count). The highest BCUT2D eigenvalue weighted by Gasteiger charge is 2.12. The zero-order valence-corrected chi connectivity index (χ0v) is 12.3. The highest BCUT2D eigenvalue weighted by Crippen LogP contribution is 2.24. The molecule has 0 aliphatic carbocycles. The maximum absolute atomic E-state index is 11.9. The third-order valence-electron chi connectivity index (χ3n) is 3.16. The van der Waals surface area contributed by atoms with E-state index in [2.05, 4.69) is 10.5 Å². The normalized spacial score (nSPS) is 10.2. The average molecular weight is 290 g/mol. The molecule has 0 aliphatic heterocycles. The summed E-state index contributed by atoms with van der Waals surface area (Å²) in [6.45, 7) is 2.18. The van der Waals surface area contributed by atoms with Gasteiger partial charge in [0.25, 0.3) is 5.91 Å². The predicted octanol–water partition coefficient (Wildman–Crippen LogP) is 1.97. The van der Waals surface area contributed by atoms with Gasteiger partial charge in [0.2, 0.25) is 0 Å². The first kappa shape index (κ1) is 14.9. The minimum Gasteiger partial charge on any atom is -0.497 e. The Labute approximate surface area is 123 Å². The number of carbonyl (C=O) groups is 1. The fraction of sp³-hybridized carbons (Fsp3) is 0.333. The molecule has 1 aromatic carbocycles. The van der Waals surface area contributed by atoms with E-state index in [1.165, 1.54) is 6.20 Å². The van der Waals surface area contributed by atoms with Crippen molar-refractivity contribution < 1.29 is 18.8 Å². The number of aromatic nitrogens is 1. The molecule has 6 heteroatoms. The van der Waals surface area contributed by atoms with Crippen molar-refractivity contribution in [2.24, 2.45) is 0 Å². The smallest absolute Gasteiger partial charge is 0.256 e. The number of ether oxygens (including phenoxy) is 2. The molecule has 21 heavy (non-hydrogen) atoms. The third kappa shape index (κ3) is 3.53. The molecule has 0 unspecified atom stereocenters. The zero-order chi connectivity index (χ0) is 15.2. The van der Waals surface area contributed by atoms with Crippen LogP contribution in [0.25, 0.3) is 0 Å². The average Bonchev–Trinajstić information content (AvgIpc) is 2.93. The van der Waals surface area contributed by atoms with Crippen molar-refractivity contribution in [2.45, 2.75) is 13.3 Å². The van der Waals surface area contributed by atoms with Gasteiger partial charge in [0.05, 0.1) is 20.4 Å². The van der Waals surface area contributed by atoms with Crippen LogP contribution in [0.4, 0.5) is 0 Å². The molecular formula is C15H18N2O4. The molecule has 1 aromatic heterocycles. The third-order valence-corrected chi connectivity index (χ3v) is 3.16. The predicted molar refractivity (Wildman–Crippen MR) is 76.8 cm³/mol. The standard InChI is InChI=1S/C15H18N2O4/c1-10-13(9-17-21-10)15(18)16-7-6-11-8-12(19-2)4-5-14(11)20-3/h4-5,8-9H,6-7H2,1-3H3,(H,16,18). The molecule has 0 bridgehead atoms.